The molecule has 2 nitrogen and oxygen atoms in total. The molecule has 0 aliphatic carbocycles. The first kappa shape index (κ1) is 16.1. The first-order chi connectivity index (χ1) is 10.0. The molecule has 0 aliphatic rings. The van der Waals surface area contributed by atoms with Gasteiger partial charge in [-0.25, -0.2) is 4.39 Å². The molecule has 110 valence electrons. The van der Waals surface area contributed by atoms with Gasteiger partial charge in [0.25, 0.3) is 0 Å². The van der Waals surface area contributed by atoms with Gasteiger partial charge in [0.05, 0.1) is 5.75 Å². The summed E-state index contributed by atoms with van der Waals surface area (Å²) in [5.41, 5.74) is 1.51. The van der Waals surface area contributed by atoms with Crippen molar-refractivity contribution in [3.8, 4) is 0 Å². The van der Waals surface area contributed by atoms with Crippen LogP contribution >= 0.6 is 35.0 Å². The lowest BCUT2D eigenvalue weighted by atomic mass is 10.2. The lowest BCUT2D eigenvalue weighted by molar-refractivity contribution is -0.113. The van der Waals surface area contributed by atoms with E-state index in [0.29, 0.717) is 21.5 Å². The number of amides is 1. The van der Waals surface area contributed by atoms with Crippen molar-refractivity contribution >= 4 is 46.6 Å². The van der Waals surface area contributed by atoms with Crippen molar-refractivity contribution in [2.24, 2.45) is 0 Å². The molecule has 0 bridgehead atoms. The summed E-state index contributed by atoms with van der Waals surface area (Å²) in [4.78, 5) is 11.7. The summed E-state index contributed by atoms with van der Waals surface area (Å²) in [7, 11) is 0. The normalized spacial score (nSPS) is 10.4. The van der Waals surface area contributed by atoms with E-state index in [9.17, 15) is 9.18 Å². The summed E-state index contributed by atoms with van der Waals surface area (Å²) in [6.45, 7) is 0. The molecule has 0 saturated heterocycles. The molecule has 2 aromatic carbocycles. The average molecular weight is 344 g/mol. The van der Waals surface area contributed by atoms with E-state index in [1.54, 1.807) is 12.1 Å². The Labute approximate surface area is 136 Å². The predicted molar refractivity (Wildman–Crippen MR) is 87.7 cm³/mol. The van der Waals surface area contributed by atoms with E-state index < -0.39 is 0 Å². The van der Waals surface area contributed by atoms with E-state index in [0.717, 1.165) is 5.56 Å². The highest BCUT2D eigenvalue weighted by Gasteiger charge is 2.05. The molecular weight excluding hydrogens is 332 g/mol. The largest absolute Gasteiger partial charge is 0.325 e. The number of thioether (sulfide) groups is 1. The van der Waals surface area contributed by atoms with Crippen LogP contribution < -0.4 is 5.32 Å². The van der Waals surface area contributed by atoms with Crippen LogP contribution in [0.1, 0.15) is 5.56 Å². The van der Waals surface area contributed by atoms with Crippen molar-refractivity contribution in [2.75, 3.05) is 11.1 Å². The molecule has 0 aliphatic heterocycles. The quantitative estimate of drug-likeness (QED) is 0.827. The number of hydrogen-bond acceptors (Lipinski definition) is 2. The second-order valence-electron chi connectivity index (χ2n) is 4.28. The van der Waals surface area contributed by atoms with Gasteiger partial charge in [0, 0.05) is 21.5 Å². The van der Waals surface area contributed by atoms with E-state index in [2.05, 4.69) is 5.32 Å². The number of hydrogen-bond donors (Lipinski definition) is 1. The number of nitrogens with one attached hydrogen (secondary N) is 1. The molecule has 1 N–H and O–H groups in total. The minimum Gasteiger partial charge on any atom is -0.325 e. The minimum atomic E-state index is -0.334. The van der Waals surface area contributed by atoms with Gasteiger partial charge in [-0.3, -0.25) is 4.79 Å². The molecule has 0 spiro atoms. The molecule has 0 unspecified atom stereocenters. The second-order valence-corrected chi connectivity index (χ2v) is 6.11. The summed E-state index contributed by atoms with van der Waals surface area (Å²) in [5, 5.41) is 3.88. The van der Waals surface area contributed by atoms with Gasteiger partial charge >= 0.3 is 0 Å². The molecule has 0 saturated carbocycles. The van der Waals surface area contributed by atoms with E-state index >= 15 is 0 Å². The number of halogens is 3. The monoisotopic (exact) mass is 343 g/mol. The van der Waals surface area contributed by atoms with Crippen LogP contribution in [-0.2, 0) is 10.5 Å². The van der Waals surface area contributed by atoms with E-state index in [-0.39, 0.29) is 17.5 Å². The molecule has 0 radical (unpaired) electrons. The lowest BCUT2D eigenvalue weighted by Crippen LogP contribution is -2.14. The third-order valence-electron chi connectivity index (χ3n) is 2.63. The maximum atomic E-state index is 12.7. The fourth-order valence-corrected chi connectivity index (χ4v) is 3.01. The Bertz CT molecular complexity index is 634. The SMILES string of the molecule is O=C(CSCc1ccc(Cl)cc1Cl)Nc1ccc(F)cc1. The van der Waals surface area contributed by atoms with E-state index in [1.165, 1.54) is 36.0 Å². The van der Waals surface area contributed by atoms with Crippen molar-refractivity contribution < 1.29 is 9.18 Å². The Morgan fingerprint density at radius 1 is 1.14 bits per heavy atom. The molecular formula is C15H12Cl2FNOS. The predicted octanol–water partition coefficient (Wildman–Crippen LogP) is 5.00. The average Bonchev–Trinajstić information content (AvgIpc) is 2.44. The fraction of sp³-hybridized carbons (Fsp3) is 0.133. The number of carbonyl (C=O) groups excluding carboxylic acids is 1. The van der Waals surface area contributed by atoms with Crippen LogP contribution in [-0.4, -0.2) is 11.7 Å². The van der Waals surface area contributed by atoms with Crippen molar-refractivity contribution in [3.05, 3.63) is 63.9 Å². The second kappa shape index (κ2) is 7.69. The van der Waals surface area contributed by atoms with Crippen molar-refractivity contribution in [1.29, 1.82) is 0 Å². The molecule has 2 rings (SSSR count). The lowest BCUT2D eigenvalue weighted by Gasteiger charge is -2.06. The molecule has 0 atom stereocenters. The topological polar surface area (TPSA) is 29.1 Å². The van der Waals surface area contributed by atoms with Gasteiger partial charge in [-0.1, -0.05) is 29.3 Å². The minimum absolute atomic E-state index is 0.142. The molecule has 21 heavy (non-hydrogen) atoms. The van der Waals surface area contributed by atoms with Gasteiger partial charge in [-0.2, -0.15) is 0 Å². The zero-order valence-electron chi connectivity index (χ0n) is 10.9. The highest BCUT2D eigenvalue weighted by atomic mass is 35.5. The van der Waals surface area contributed by atoms with Crippen LogP contribution in [0.5, 0.6) is 0 Å². The molecule has 1 amide bonds. The fourth-order valence-electron chi connectivity index (χ4n) is 1.62. The van der Waals surface area contributed by atoms with Gasteiger partial charge < -0.3 is 5.32 Å². The maximum Gasteiger partial charge on any atom is 0.234 e. The first-order valence-corrected chi connectivity index (χ1v) is 8.03. The van der Waals surface area contributed by atoms with Crippen molar-refractivity contribution in [3.63, 3.8) is 0 Å². The van der Waals surface area contributed by atoms with Gasteiger partial charge in [0.2, 0.25) is 5.91 Å². The Balaban J connectivity index is 1.80. The molecule has 0 fully saturated rings. The molecule has 2 aromatic rings. The third-order valence-corrected chi connectivity index (χ3v) is 4.20. The Morgan fingerprint density at radius 2 is 1.86 bits per heavy atom. The van der Waals surface area contributed by atoms with Crippen molar-refractivity contribution in [1.82, 2.24) is 0 Å². The zero-order chi connectivity index (χ0) is 15.2. The Hall–Kier alpha value is -1.23. The Morgan fingerprint density at radius 3 is 2.52 bits per heavy atom. The summed E-state index contributed by atoms with van der Waals surface area (Å²) in [6.07, 6.45) is 0. The number of anilines is 1. The van der Waals surface area contributed by atoms with Gasteiger partial charge in [-0.05, 0) is 42.0 Å². The zero-order valence-corrected chi connectivity index (χ0v) is 13.2. The smallest absolute Gasteiger partial charge is 0.234 e. The van der Waals surface area contributed by atoms with Gasteiger partial charge in [0.15, 0.2) is 0 Å². The van der Waals surface area contributed by atoms with Crippen LogP contribution in [0.4, 0.5) is 10.1 Å². The summed E-state index contributed by atoms with van der Waals surface area (Å²) in [6, 6.07) is 10.9. The molecule has 6 heteroatoms. The molecule has 0 aromatic heterocycles. The summed E-state index contributed by atoms with van der Waals surface area (Å²) in [5.74, 6) is 0.430. The number of rotatable bonds is 5. The van der Waals surface area contributed by atoms with Crippen LogP contribution in [0.25, 0.3) is 0 Å². The van der Waals surface area contributed by atoms with Crippen molar-refractivity contribution in [2.45, 2.75) is 5.75 Å². The Kier molecular flexibility index (Phi) is 5.91. The third kappa shape index (κ3) is 5.23. The highest BCUT2D eigenvalue weighted by Crippen LogP contribution is 2.24. The molecule has 0 heterocycles. The standard InChI is InChI=1S/C15H12Cl2FNOS/c16-11-2-1-10(14(17)7-11)8-21-9-15(20)19-13-5-3-12(18)4-6-13/h1-7H,8-9H2,(H,19,20). The summed E-state index contributed by atoms with van der Waals surface area (Å²) < 4.78 is 12.7. The summed E-state index contributed by atoms with van der Waals surface area (Å²) >= 11 is 13.3. The van der Waals surface area contributed by atoms with Crippen LogP contribution in [0.15, 0.2) is 42.5 Å². The maximum absolute atomic E-state index is 12.7. The number of benzene rings is 2. The van der Waals surface area contributed by atoms with Crippen LogP contribution in [0.3, 0.4) is 0 Å². The van der Waals surface area contributed by atoms with Crippen LogP contribution in [0, 0.1) is 5.82 Å². The van der Waals surface area contributed by atoms with E-state index in [4.69, 9.17) is 23.2 Å². The number of carbonyl (C=O) groups is 1. The van der Waals surface area contributed by atoms with Gasteiger partial charge in [0.1, 0.15) is 5.82 Å². The first-order valence-electron chi connectivity index (χ1n) is 6.11. The van der Waals surface area contributed by atoms with Gasteiger partial charge in [-0.15, -0.1) is 11.8 Å². The van der Waals surface area contributed by atoms with E-state index in [1.807, 2.05) is 6.07 Å². The van der Waals surface area contributed by atoms with Crippen LogP contribution in [0.2, 0.25) is 10.0 Å². The highest BCUT2D eigenvalue weighted by molar-refractivity contribution is 7.99.